The summed E-state index contributed by atoms with van der Waals surface area (Å²) in [5, 5.41) is 0. The van der Waals surface area contributed by atoms with Crippen LogP contribution in [0.15, 0.2) is 23.2 Å². The summed E-state index contributed by atoms with van der Waals surface area (Å²) in [5.74, 6) is 0.289. The van der Waals surface area contributed by atoms with E-state index in [0.29, 0.717) is 24.4 Å². The maximum Gasteiger partial charge on any atom is 0.338 e. The van der Waals surface area contributed by atoms with E-state index in [1.807, 2.05) is 0 Å². The van der Waals surface area contributed by atoms with Crippen LogP contribution in [0.4, 0.5) is 5.69 Å². The molecular weight excluding hydrogens is 192 g/mol. The van der Waals surface area contributed by atoms with Gasteiger partial charge in [0.2, 0.25) is 0 Å². The number of amidine groups is 1. The van der Waals surface area contributed by atoms with Crippen molar-refractivity contribution in [3.8, 4) is 0 Å². The Morgan fingerprint density at radius 2 is 2.40 bits per heavy atom. The molecule has 1 aliphatic rings. The van der Waals surface area contributed by atoms with Crippen LogP contribution in [0.1, 0.15) is 22.8 Å². The third-order valence-electron chi connectivity index (χ3n) is 2.23. The van der Waals surface area contributed by atoms with Crippen molar-refractivity contribution >= 4 is 17.5 Å². The van der Waals surface area contributed by atoms with Crippen LogP contribution in [0.5, 0.6) is 0 Å². The third kappa shape index (κ3) is 1.83. The molecule has 0 bridgehead atoms. The lowest BCUT2D eigenvalue weighted by Crippen LogP contribution is -2.10. The van der Waals surface area contributed by atoms with E-state index in [4.69, 9.17) is 10.5 Å². The van der Waals surface area contributed by atoms with E-state index in [0.717, 1.165) is 11.3 Å². The molecule has 1 aromatic rings. The van der Waals surface area contributed by atoms with E-state index in [9.17, 15) is 4.79 Å². The molecule has 1 aliphatic heterocycles. The van der Waals surface area contributed by atoms with Gasteiger partial charge in [0, 0.05) is 6.42 Å². The van der Waals surface area contributed by atoms with Crippen molar-refractivity contribution in [2.45, 2.75) is 13.3 Å². The lowest BCUT2D eigenvalue weighted by Gasteiger charge is -2.03. The number of aliphatic imine (C=N–C) groups is 1. The van der Waals surface area contributed by atoms with Crippen molar-refractivity contribution in [3.63, 3.8) is 0 Å². The first-order valence-corrected chi connectivity index (χ1v) is 4.84. The molecular formula is C11H12N2O2. The molecule has 1 heterocycles. The number of hydrogen-bond donors (Lipinski definition) is 1. The van der Waals surface area contributed by atoms with Gasteiger partial charge < -0.3 is 10.5 Å². The minimum atomic E-state index is -0.300. The maximum absolute atomic E-state index is 11.4. The minimum absolute atomic E-state index is 0.300. The summed E-state index contributed by atoms with van der Waals surface area (Å²) in [5.41, 5.74) is 7.99. The fourth-order valence-electron chi connectivity index (χ4n) is 1.57. The standard InChI is InChI=1S/C11H12N2O2/c1-2-15-11(14)7-3-4-9-8(5-7)6-10(12)13-9/h3-5H,2,6H2,1H3,(H2,12,13). The highest BCUT2D eigenvalue weighted by Gasteiger charge is 2.15. The lowest BCUT2D eigenvalue weighted by molar-refractivity contribution is 0.0526. The van der Waals surface area contributed by atoms with Gasteiger partial charge in [0.15, 0.2) is 0 Å². The highest BCUT2D eigenvalue weighted by Crippen LogP contribution is 2.26. The van der Waals surface area contributed by atoms with Crippen molar-refractivity contribution in [3.05, 3.63) is 29.3 Å². The van der Waals surface area contributed by atoms with Crippen molar-refractivity contribution in [1.82, 2.24) is 0 Å². The molecule has 0 fully saturated rings. The molecule has 0 amide bonds. The second kappa shape index (κ2) is 3.73. The Kier molecular flexibility index (Phi) is 2.41. The first kappa shape index (κ1) is 9.71. The summed E-state index contributed by atoms with van der Waals surface area (Å²) < 4.78 is 4.91. The van der Waals surface area contributed by atoms with Gasteiger partial charge in [-0.1, -0.05) is 0 Å². The van der Waals surface area contributed by atoms with E-state index < -0.39 is 0 Å². The fourth-order valence-corrected chi connectivity index (χ4v) is 1.57. The van der Waals surface area contributed by atoms with Gasteiger partial charge in [-0.25, -0.2) is 9.79 Å². The summed E-state index contributed by atoms with van der Waals surface area (Å²) in [7, 11) is 0. The lowest BCUT2D eigenvalue weighted by atomic mass is 10.1. The van der Waals surface area contributed by atoms with Gasteiger partial charge in [0.05, 0.1) is 17.9 Å². The monoisotopic (exact) mass is 204 g/mol. The highest BCUT2D eigenvalue weighted by atomic mass is 16.5. The van der Waals surface area contributed by atoms with Crippen molar-refractivity contribution < 1.29 is 9.53 Å². The largest absolute Gasteiger partial charge is 0.462 e. The smallest absolute Gasteiger partial charge is 0.338 e. The number of benzene rings is 1. The van der Waals surface area contributed by atoms with E-state index >= 15 is 0 Å². The van der Waals surface area contributed by atoms with Crippen LogP contribution in [0.3, 0.4) is 0 Å². The summed E-state index contributed by atoms with van der Waals surface area (Å²) in [6.07, 6.45) is 0.614. The van der Waals surface area contributed by atoms with Gasteiger partial charge >= 0.3 is 5.97 Å². The van der Waals surface area contributed by atoms with Gasteiger partial charge in [0.1, 0.15) is 5.84 Å². The van der Waals surface area contributed by atoms with E-state index in [1.165, 1.54) is 0 Å². The Labute approximate surface area is 87.8 Å². The Morgan fingerprint density at radius 1 is 1.60 bits per heavy atom. The first-order chi connectivity index (χ1) is 7.20. The highest BCUT2D eigenvalue weighted by molar-refractivity contribution is 5.94. The zero-order valence-corrected chi connectivity index (χ0v) is 8.49. The van der Waals surface area contributed by atoms with Crippen LogP contribution in [0.25, 0.3) is 0 Å². The molecule has 4 heteroatoms. The van der Waals surface area contributed by atoms with Crippen LogP contribution < -0.4 is 5.73 Å². The number of rotatable bonds is 2. The van der Waals surface area contributed by atoms with Gasteiger partial charge in [-0.2, -0.15) is 0 Å². The number of carbonyl (C=O) groups is 1. The molecule has 0 spiro atoms. The molecule has 2 N–H and O–H groups in total. The maximum atomic E-state index is 11.4. The molecule has 15 heavy (non-hydrogen) atoms. The minimum Gasteiger partial charge on any atom is -0.462 e. The topological polar surface area (TPSA) is 64.7 Å². The SMILES string of the molecule is CCOC(=O)c1ccc2c(c1)CC(N)=N2. The number of nitrogens with zero attached hydrogens (tertiary/aromatic N) is 1. The zero-order chi connectivity index (χ0) is 10.8. The summed E-state index contributed by atoms with van der Waals surface area (Å²) in [4.78, 5) is 15.6. The number of ether oxygens (including phenoxy) is 1. The number of hydrogen-bond acceptors (Lipinski definition) is 4. The Balaban J connectivity index is 2.26. The summed E-state index contributed by atoms with van der Waals surface area (Å²) >= 11 is 0. The van der Waals surface area contributed by atoms with Crippen LogP contribution >= 0.6 is 0 Å². The molecule has 0 saturated heterocycles. The second-order valence-electron chi connectivity index (χ2n) is 3.34. The quantitative estimate of drug-likeness (QED) is 0.741. The molecule has 4 nitrogen and oxygen atoms in total. The number of esters is 1. The average molecular weight is 204 g/mol. The molecule has 2 rings (SSSR count). The molecule has 0 aromatic heterocycles. The molecule has 78 valence electrons. The Hall–Kier alpha value is -1.84. The Bertz CT molecular complexity index is 438. The fraction of sp³-hybridized carbons (Fsp3) is 0.273. The predicted octanol–water partition coefficient (Wildman–Crippen LogP) is 1.41. The van der Waals surface area contributed by atoms with Gasteiger partial charge in [0.25, 0.3) is 0 Å². The molecule has 1 aromatic carbocycles. The van der Waals surface area contributed by atoms with E-state index in [2.05, 4.69) is 4.99 Å². The molecule has 0 radical (unpaired) electrons. The van der Waals surface area contributed by atoms with Gasteiger partial charge in [-0.05, 0) is 30.7 Å². The van der Waals surface area contributed by atoms with Crippen LogP contribution in [0.2, 0.25) is 0 Å². The molecule has 0 unspecified atom stereocenters. The predicted molar refractivity (Wildman–Crippen MR) is 57.4 cm³/mol. The van der Waals surface area contributed by atoms with Crippen LogP contribution in [-0.2, 0) is 11.2 Å². The number of carbonyl (C=O) groups excluding carboxylic acids is 1. The van der Waals surface area contributed by atoms with Crippen molar-refractivity contribution in [1.29, 1.82) is 0 Å². The van der Waals surface area contributed by atoms with Gasteiger partial charge in [-0.15, -0.1) is 0 Å². The normalized spacial score (nSPS) is 13.3. The van der Waals surface area contributed by atoms with E-state index in [-0.39, 0.29) is 5.97 Å². The Morgan fingerprint density at radius 3 is 3.13 bits per heavy atom. The van der Waals surface area contributed by atoms with Crippen molar-refractivity contribution in [2.75, 3.05) is 6.61 Å². The first-order valence-electron chi connectivity index (χ1n) is 4.84. The van der Waals surface area contributed by atoms with E-state index in [1.54, 1.807) is 25.1 Å². The van der Waals surface area contributed by atoms with Crippen LogP contribution in [-0.4, -0.2) is 18.4 Å². The summed E-state index contributed by atoms with van der Waals surface area (Å²) in [6.45, 7) is 2.17. The average Bonchev–Trinajstić information content (AvgIpc) is 2.57. The van der Waals surface area contributed by atoms with Gasteiger partial charge in [-0.3, -0.25) is 0 Å². The number of fused-ring (bicyclic) bond motifs is 1. The number of nitrogens with two attached hydrogens (primary N) is 1. The zero-order valence-electron chi connectivity index (χ0n) is 8.49. The van der Waals surface area contributed by atoms with Crippen LogP contribution in [0, 0.1) is 0 Å². The molecule has 0 atom stereocenters. The molecule has 0 saturated carbocycles. The van der Waals surface area contributed by atoms with Crippen molar-refractivity contribution in [2.24, 2.45) is 10.7 Å². The summed E-state index contributed by atoms with van der Waals surface area (Å²) in [6, 6.07) is 5.29. The second-order valence-corrected chi connectivity index (χ2v) is 3.34. The molecule has 0 aliphatic carbocycles. The third-order valence-corrected chi connectivity index (χ3v) is 2.23.